The molecule has 0 radical (unpaired) electrons. The number of aliphatic hydroxyl groups is 1. The molecule has 4 nitrogen and oxygen atoms in total. The van der Waals surface area contributed by atoms with Crippen molar-refractivity contribution >= 4 is 28.6 Å². The molecule has 176 valence electrons. The van der Waals surface area contributed by atoms with Crippen LogP contribution in [0.2, 0.25) is 0 Å². The van der Waals surface area contributed by atoms with E-state index in [9.17, 15) is 0 Å². The molecule has 0 spiro atoms. The van der Waals surface area contributed by atoms with Crippen molar-refractivity contribution in [3.63, 3.8) is 0 Å². The van der Waals surface area contributed by atoms with Crippen LogP contribution >= 0.6 is 17.0 Å². The molecule has 5 heteroatoms. The van der Waals surface area contributed by atoms with Crippen molar-refractivity contribution in [3.8, 4) is 0 Å². The Kier molecular flexibility index (Phi) is 25.1. The van der Waals surface area contributed by atoms with Crippen LogP contribution in [0.5, 0.6) is 0 Å². The minimum atomic E-state index is -0.833. The van der Waals surface area contributed by atoms with Crippen molar-refractivity contribution < 1.29 is 15.0 Å². The highest BCUT2D eigenvalue weighted by molar-refractivity contribution is 8.93. The van der Waals surface area contributed by atoms with Crippen LogP contribution in [0.4, 0.5) is 5.69 Å². The summed E-state index contributed by atoms with van der Waals surface area (Å²) in [5.41, 5.74) is 2.13. The lowest BCUT2D eigenvalue weighted by Gasteiger charge is -2.07. The van der Waals surface area contributed by atoms with Crippen LogP contribution in [-0.4, -0.2) is 22.7 Å². The number of aliphatic hydroxyl groups excluding tert-OH is 1. The van der Waals surface area contributed by atoms with E-state index in [1.165, 1.54) is 89.9 Å². The number of anilines is 1. The molecule has 0 saturated carbocycles. The summed E-state index contributed by atoms with van der Waals surface area (Å²) in [4.78, 5) is 9.00. The Morgan fingerprint density at radius 1 is 0.767 bits per heavy atom. The second-order valence-corrected chi connectivity index (χ2v) is 7.90. The van der Waals surface area contributed by atoms with E-state index < -0.39 is 5.97 Å². The number of benzene rings is 1. The number of hydrogen-bond donors (Lipinski definition) is 3. The van der Waals surface area contributed by atoms with Crippen molar-refractivity contribution in [1.82, 2.24) is 0 Å². The molecule has 0 aliphatic carbocycles. The van der Waals surface area contributed by atoms with E-state index in [4.69, 9.17) is 15.0 Å². The van der Waals surface area contributed by atoms with Crippen LogP contribution < -0.4 is 5.32 Å². The van der Waals surface area contributed by atoms with Crippen LogP contribution in [0.15, 0.2) is 24.3 Å². The fourth-order valence-electron chi connectivity index (χ4n) is 3.28. The first-order valence-corrected chi connectivity index (χ1v) is 11.7. The lowest BCUT2D eigenvalue weighted by atomic mass is 10.0. The topological polar surface area (TPSA) is 69.6 Å². The number of unbranched alkanes of at least 4 members (excludes halogenated alkanes) is 13. The van der Waals surface area contributed by atoms with Gasteiger partial charge in [0.25, 0.3) is 5.97 Å². The summed E-state index contributed by atoms with van der Waals surface area (Å²) in [6.07, 6.45) is 19.7. The number of carbonyl (C=O) groups is 1. The molecule has 1 rings (SSSR count). The Bertz CT molecular complexity index is 476. The van der Waals surface area contributed by atoms with Crippen molar-refractivity contribution in [2.45, 2.75) is 110 Å². The van der Waals surface area contributed by atoms with E-state index in [0.717, 1.165) is 24.7 Å². The summed E-state index contributed by atoms with van der Waals surface area (Å²) in [5, 5.41) is 19.9. The second-order valence-electron chi connectivity index (χ2n) is 7.90. The Morgan fingerprint density at radius 2 is 1.13 bits per heavy atom. The second kappa shape index (κ2) is 24.2. The van der Waals surface area contributed by atoms with Crippen LogP contribution in [0.1, 0.15) is 109 Å². The van der Waals surface area contributed by atoms with Gasteiger partial charge in [-0.15, -0.1) is 17.0 Å². The van der Waals surface area contributed by atoms with Gasteiger partial charge in [0.05, 0.1) is 6.61 Å². The smallest absolute Gasteiger partial charge is 0.300 e. The molecule has 0 bridgehead atoms. The molecule has 0 unspecified atom stereocenters. The lowest BCUT2D eigenvalue weighted by molar-refractivity contribution is -0.134. The summed E-state index contributed by atoms with van der Waals surface area (Å²) < 4.78 is 0. The number of aliphatic carboxylic acids is 1. The van der Waals surface area contributed by atoms with Crippen molar-refractivity contribution in [2.24, 2.45) is 0 Å². The normalized spacial score (nSPS) is 9.97. The molecule has 0 amide bonds. The van der Waals surface area contributed by atoms with Gasteiger partial charge >= 0.3 is 0 Å². The summed E-state index contributed by atoms with van der Waals surface area (Å²) >= 11 is 0. The molecule has 3 N–H and O–H groups in total. The van der Waals surface area contributed by atoms with Crippen LogP contribution in [0.25, 0.3) is 0 Å². The van der Waals surface area contributed by atoms with Gasteiger partial charge in [-0.05, 0) is 24.1 Å². The first kappa shape index (κ1) is 31.1. The predicted molar refractivity (Wildman–Crippen MR) is 135 cm³/mol. The molecule has 0 aromatic heterocycles. The van der Waals surface area contributed by atoms with Gasteiger partial charge in [-0.1, -0.05) is 103 Å². The molecule has 0 fully saturated rings. The zero-order chi connectivity index (χ0) is 21.6. The monoisotopic (exact) mass is 487 g/mol. The summed E-state index contributed by atoms with van der Waals surface area (Å²) in [5.74, 6) is -0.833. The number of hydrogen-bond acceptors (Lipinski definition) is 3. The van der Waals surface area contributed by atoms with E-state index in [1.54, 1.807) is 0 Å². The van der Waals surface area contributed by atoms with Crippen molar-refractivity contribution in [1.29, 1.82) is 0 Å². The molecular formula is C25H46BrNO3. The van der Waals surface area contributed by atoms with Crippen molar-refractivity contribution in [2.75, 3.05) is 11.9 Å². The SMILES string of the molecule is Br.CC(=O)O.CCCCCCCCCCCCCCCCNc1ccc(CO)cc1. The Morgan fingerprint density at radius 3 is 1.50 bits per heavy atom. The van der Waals surface area contributed by atoms with Crippen LogP contribution in [-0.2, 0) is 11.4 Å². The van der Waals surface area contributed by atoms with Crippen molar-refractivity contribution in [3.05, 3.63) is 29.8 Å². The van der Waals surface area contributed by atoms with E-state index >= 15 is 0 Å². The maximum Gasteiger partial charge on any atom is 0.300 e. The average Bonchev–Trinajstić information content (AvgIpc) is 2.71. The molecule has 0 heterocycles. The quantitative estimate of drug-likeness (QED) is 0.196. The Hall–Kier alpha value is -1.07. The molecule has 1 aromatic carbocycles. The maximum absolute atomic E-state index is 9.02. The van der Waals surface area contributed by atoms with Crippen LogP contribution in [0, 0.1) is 0 Å². The zero-order valence-corrected chi connectivity index (χ0v) is 21.0. The fraction of sp³-hybridized carbons (Fsp3) is 0.720. The first-order valence-electron chi connectivity index (χ1n) is 11.7. The predicted octanol–water partition coefficient (Wildman–Crippen LogP) is 7.74. The molecule has 1 aromatic rings. The number of carboxylic acid groups (broad SMARTS) is 1. The van der Waals surface area contributed by atoms with Gasteiger partial charge in [0.2, 0.25) is 0 Å². The van der Waals surface area contributed by atoms with E-state index in [1.807, 2.05) is 12.1 Å². The van der Waals surface area contributed by atoms with Gasteiger partial charge in [-0.25, -0.2) is 0 Å². The number of rotatable bonds is 17. The van der Waals surface area contributed by atoms with E-state index in [2.05, 4.69) is 24.4 Å². The largest absolute Gasteiger partial charge is 0.481 e. The molecule has 0 saturated heterocycles. The van der Waals surface area contributed by atoms with E-state index in [-0.39, 0.29) is 23.6 Å². The highest BCUT2D eigenvalue weighted by Gasteiger charge is 1.95. The minimum absolute atomic E-state index is 0. The maximum atomic E-state index is 9.02. The third kappa shape index (κ3) is 23.2. The average molecular weight is 489 g/mol. The molecule has 30 heavy (non-hydrogen) atoms. The van der Waals surface area contributed by atoms with Gasteiger partial charge in [0.15, 0.2) is 0 Å². The third-order valence-corrected chi connectivity index (χ3v) is 5.00. The van der Waals surface area contributed by atoms with E-state index in [0.29, 0.717) is 0 Å². The summed E-state index contributed by atoms with van der Waals surface area (Å²) in [7, 11) is 0. The Balaban J connectivity index is 0. The summed E-state index contributed by atoms with van der Waals surface area (Å²) in [6.45, 7) is 4.55. The fourth-order valence-corrected chi connectivity index (χ4v) is 3.28. The molecular weight excluding hydrogens is 442 g/mol. The first-order chi connectivity index (χ1) is 14.1. The lowest BCUT2D eigenvalue weighted by Crippen LogP contribution is -2.01. The van der Waals surface area contributed by atoms with Gasteiger partial charge in [-0.2, -0.15) is 0 Å². The number of halogens is 1. The Labute approximate surface area is 195 Å². The van der Waals surface area contributed by atoms with Gasteiger partial charge < -0.3 is 15.5 Å². The van der Waals surface area contributed by atoms with Gasteiger partial charge in [0.1, 0.15) is 0 Å². The minimum Gasteiger partial charge on any atom is -0.481 e. The third-order valence-electron chi connectivity index (χ3n) is 5.00. The number of carboxylic acids is 1. The highest BCUT2D eigenvalue weighted by atomic mass is 79.9. The number of nitrogens with one attached hydrogen (secondary N) is 1. The van der Waals surface area contributed by atoms with Gasteiger partial charge in [-0.3, -0.25) is 4.79 Å². The highest BCUT2D eigenvalue weighted by Crippen LogP contribution is 2.13. The van der Waals surface area contributed by atoms with Gasteiger partial charge in [0, 0.05) is 19.2 Å². The zero-order valence-electron chi connectivity index (χ0n) is 19.3. The standard InChI is InChI=1S/C23H41NO.C2H4O2.BrH/c1-2-3-4-5-6-7-8-9-10-11-12-13-14-15-20-24-23-18-16-22(21-25)17-19-23;1-2(3)4;/h16-19,24-25H,2-15,20-21H2,1H3;1H3,(H,3,4);1H. The molecule has 0 aliphatic heterocycles. The molecule has 0 aliphatic rings. The van der Waals surface area contributed by atoms with Crippen LogP contribution in [0.3, 0.4) is 0 Å². The summed E-state index contributed by atoms with van der Waals surface area (Å²) in [6, 6.07) is 8.06. The molecule has 0 atom stereocenters.